The smallest absolute Gasteiger partial charge is 0.340 e. The summed E-state index contributed by atoms with van der Waals surface area (Å²) < 4.78 is 7.29. The number of aryl methyl sites for hydroxylation is 1. The SMILES string of the molecule is CC[C@@](OC(C)(C)C)(C(=O)O)c1c(C)cc2nc(-c3ccc(NC)c(N)c3)sc2c1-c1ccc(Cl)cc1. The molecule has 0 spiro atoms. The molecule has 0 saturated heterocycles. The zero-order chi connectivity index (χ0) is 27.1. The minimum Gasteiger partial charge on any atom is -0.479 e. The van der Waals surface area contributed by atoms with Gasteiger partial charge in [0, 0.05) is 28.8 Å². The number of aliphatic carboxylic acids is 1. The van der Waals surface area contributed by atoms with Crippen molar-refractivity contribution >= 4 is 50.5 Å². The number of fused-ring (bicyclic) bond motifs is 1. The van der Waals surface area contributed by atoms with E-state index in [9.17, 15) is 9.90 Å². The Hall–Kier alpha value is -3.13. The monoisotopic (exact) mass is 537 g/mol. The van der Waals surface area contributed by atoms with E-state index in [2.05, 4.69) is 5.32 Å². The molecule has 4 N–H and O–H groups in total. The summed E-state index contributed by atoms with van der Waals surface area (Å²) in [5.41, 5.74) is 10.2. The van der Waals surface area contributed by atoms with Crippen LogP contribution in [0.15, 0.2) is 48.5 Å². The van der Waals surface area contributed by atoms with Crippen molar-refractivity contribution in [3.63, 3.8) is 0 Å². The molecule has 0 radical (unpaired) electrons. The van der Waals surface area contributed by atoms with Crippen molar-refractivity contribution in [1.29, 1.82) is 0 Å². The summed E-state index contributed by atoms with van der Waals surface area (Å²) in [4.78, 5) is 17.9. The lowest BCUT2D eigenvalue weighted by molar-refractivity contribution is -0.188. The maximum Gasteiger partial charge on any atom is 0.340 e. The van der Waals surface area contributed by atoms with E-state index >= 15 is 0 Å². The summed E-state index contributed by atoms with van der Waals surface area (Å²) in [5, 5.41) is 15.1. The van der Waals surface area contributed by atoms with E-state index in [1.165, 1.54) is 11.3 Å². The first-order valence-corrected chi connectivity index (χ1v) is 13.3. The van der Waals surface area contributed by atoms with Crippen LogP contribution in [0.25, 0.3) is 31.9 Å². The molecule has 0 amide bonds. The van der Waals surface area contributed by atoms with E-state index in [1.54, 1.807) is 0 Å². The number of carboxylic acids is 1. The molecule has 194 valence electrons. The molecule has 1 atom stereocenters. The maximum atomic E-state index is 13.0. The topological polar surface area (TPSA) is 97.5 Å². The lowest BCUT2D eigenvalue weighted by Crippen LogP contribution is -2.44. The molecule has 37 heavy (non-hydrogen) atoms. The van der Waals surface area contributed by atoms with Gasteiger partial charge in [0.05, 0.1) is 27.2 Å². The van der Waals surface area contributed by atoms with Gasteiger partial charge in [-0.2, -0.15) is 0 Å². The van der Waals surface area contributed by atoms with Crippen LogP contribution in [0.4, 0.5) is 11.4 Å². The largest absolute Gasteiger partial charge is 0.479 e. The van der Waals surface area contributed by atoms with E-state index in [4.69, 9.17) is 27.1 Å². The Bertz CT molecular complexity index is 1470. The van der Waals surface area contributed by atoms with Crippen molar-refractivity contribution in [2.45, 2.75) is 52.2 Å². The van der Waals surface area contributed by atoms with E-state index in [0.717, 1.165) is 43.2 Å². The van der Waals surface area contributed by atoms with Crippen LogP contribution in [0.1, 0.15) is 45.2 Å². The number of anilines is 2. The van der Waals surface area contributed by atoms with Crippen LogP contribution >= 0.6 is 22.9 Å². The Morgan fingerprint density at radius 2 is 1.78 bits per heavy atom. The first-order chi connectivity index (χ1) is 17.4. The van der Waals surface area contributed by atoms with Gasteiger partial charge in [-0.1, -0.05) is 30.7 Å². The molecule has 0 saturated carbocycles. The second kappa shape index (κ2) is 9.97. The zero-order valence-electron chi connectivity index (χ0n) is 21.9. The van der Waals surface area contributed by atoms with E-state index in [1.807, 2.05) is 90.2 Å². The number of nitrogen functional groups attached to an aromatic ring is 1. The summed E-state index contributed by atoms with van der Waals surface area (Å²) in [6.45, 7) is 9.40. The number of nitrogens with one attached hydrogen (secondary N) is 1. The second-order valence-electron chi connectivity index (χ2n) is 10.1. The predicted octanol–water partition coefficient (Wildman–Crippen LogP) is 7.72. The second-order valence-corrected chi connectivity index (χ2v) is 11.5. The van der Waals surface area contributed by atoms with Gasteiger partial charge in [0.15, 0.2) is 5.60 Å². The van der Waals surface area contributed by atoms with Crippen LogP contribution < -0.4 is 11.1 Å². The molecule has 0 aliphatic rings. The number of benzene rings is 3. The number of thiazole rings is 1. The first-order valence-electron chi connectivity index (χ1n) is 12.1. The van der Waals surface area contributed by atoms with Crippen molar-refractivity contribution in [3.05, 3.63) is 64.7 Å². The molecule has 1 aromatic heterocycles. The molecule has 0 fully saturated rings. The van der Waals surface area contributed by atoms with Gasteiger partial charge in [0.2, 0.25) is 0 Å². The highest BCUT2D eigenvalue weighted by molar-refractivity contribution is 7.22. The molecule has 0 bridgehead atoms. The molecule has 4 aromatic rings. The minimum absolute atomic E-state index is 0.250. The van der Waals surface area contributed by atoms with Crippen molar-refractivity contribution in [2.75, 3.05) is 18.1 Å². The highest BCUT2D eigenvalue weighted by atomic mass is 35.5. The Labute approximate surface area is 226 Å². The average molecular weight is 538 g/mol. The van der Waals surface area contributed by atoms with Gasteiger partial charge in [-0.25, -0.2) is 9.78 Å². The zero-order valence-corrected chi connectivity index (χ0v) is 23.5. The predicted molar refractivity (Wildman–Crippen MR) is 155 cm³/mol. The number of halogens is 1. The number of nitrogens with two attached hydrogens (primary N) is 1. The summed E-state index contributed by atoms with van der Waals surface area (Å²) in [6.07, 6.45) is 0.250. The number of rotatable bonds is 7. The van der Waals surface area contributed by atoms with Crippen LogP contribution in [0.5, 0.6) is 0 Å². The number of nitrogens with zero attached hydrogens (tertiary/aromatic N) is 1. The Morgan fingerprint density at radius 3 is 2.32 bits per heavy atom. The lowest BCUT2D eigenvalue weighted by atomic mass is 9.81. The number of carboxylic acid groups (broad SMARTS) is 1. The van der Waals surface area contributed by atoms with Crippen molar-refractivity contribution in [2.24, 2.45) is 0 Å². The van der Waals surface area contributed by atoms with Crippen LogP contribution in [-0.4, -0.2) is 28.7 Å². The molecule has 0 aliphatic carbocycles. The van der Waals surface area contributed by atoms with Crippen LogP contribution in [0, 0.1) is 6.92 Å². The van der Waals surface area contributed by atoms with Crippen molar-refractivity contribution in [1.82, 2.24) is 4.98 Å². The summed E-state index contributed by atoms with van der Waals surface area (Å²) in [6, 6.07) is 15.2. The Morgan fingerprint density at radius 1 is 1.14 bits per heavy atom. The highest BCUT2D eigenvalue weighted by Crippen LogP contribution is 2.48. The molecule has 8 heteroatoms. The van der Waals surface area contributed by atoms with Gasteiger partial charge in [-0.3, -0.25) is 0 Å². The van der Waals surface area contributed by atoms with Crippen LogP contribution in [0.3, 0.4) is 0 Å². The fourth-order valence-corrected chi connectivity index (χ4v) is 6.02. The van der Waals surface area contributed by atoms with Crippen LogP contribution in [0.2, 0.25) is 5.02 Å². The number of ether oxygens (including phenoxy) is 1. The number of aromatic nitrogens is 1. The van der Waals surface area contributed by atoms with Crippen LogP contribution in [-0.2, 0) is 15.1 Å². The maximum absolute atomic E-state index is 13.0. The highest BCUT2D eigenvalue weighted by Gasteiger charge is 2.46. The van der Waals surface area contributed by atoms with Gasteiger partial charge in [0.1, 0.15) is 5.01 Å². The van der Waals surface area contributed by atoms with E-state index < -0.39 is 17.2 Å². The number of hydrogen-bond acceptors (Lipinski definition) is 6. The number of hydrogen-bond donors (Lipinski definition) is 3. The Balaban J connectivity index is 2.09. The van der Waals surface area contributed by atoms with Gasteiger partial charge < -0.3 is 20.9 Å². The molecule has 0 unspecified atom stereocenters. The van der Waals surface area contributed by atoms with E-state index in [0.29, 0.717) is 16.3 Å². The normalized spacial score (nSPS) is 13.5. The third kappa shape index (κ3) is 5.04. The lowest BCUT2D eigenvalue weighted by Gasteiger charge is -2.38. The summed E-state index contributed by atoms with van der Waals surface area (Å²) in [5.74, 6) is -1.03. The first kappa shape index (κ1) is 26.9. The minimum atomic E-state index is -1.56. The average Bonchev–Trinajstić information content (AvgIpc) is 3.25. The molecule has 4 rings (SSSR count). The molecular formula is C29H32ClN3O3S. The molecule has 3 aromatic carbocycles. The van der Waals surface area contributed by atoms with Crippen molar-refractivity contribution in [3.8, 4) is 21.7 Å². The van der Waals surface area contributed by atoms with E-state index in [-0.39, 0.29) is 6.42 Å². The summed E-state index contributed by atoms with van der Waals surface area (Å²) in [7, 11) is 1.83. The quantitative estimate of drug-likeness (QED) is 0.209. The fraction of sp³-hybridized carbons (Fsp3) is 0.310. The Kier molecular flexibility index (Phi) is 7.25. The molecule has 1 heterocycles. The van der Waals surface area contributed by atoms with Gasteiger partial charge >= 0.3 is 5.97 Å². The standard InChI is InChI=1S/C29H32ClN3O3S/c1-7-29(27(34)35,36-28(3,4)5)24-16(2)14-22-25(23(24)17-8-11-19(30)12-9-17)37-26(33-22)18-10-13-21(32-6)20(31)15-18/h8-15,32H,7,31H2,1-6H3,(H,34,35)/t29-/m0/s1. The molecule has 0 aliphatic heterocycles. The number of carbonyl (C=O) groups is 1. The van der Waals surface area contributed by atoms with Gasteiger partial charge in [0.25, 0.3) is 0 Å². The summed E-state index contributed by atoms with van der Waals surface area (Å²) >= 11 is 7.73. The van der Waals surface area contributed by atoms with Gasteiger partial charge in [-0.05, 0) is 81.6 Å². The fourth-order valence-electron chi connectivity index (χ4n) is 4.78. The van der Waals surface area contributed by atoms with Crippen molar-refractivity contribution < 1.29 is 14.6 Å². The van der Waals surface area contributed by atoms with Gasteiger partial charge in [-0.15, -0.1) is 11.3 Å². The molecular weight excluding hydrogens is 506 g/mol. The third-order valence-corrected chi connectivity index (χ3v) is 7.70. The molecule has 6 nitrogen and oxygen atoms in total. The third-order valence-electron chi connectivity index (χ3n) is 6.31.